The van der Waals surface area contributed by atoms with Crippen molar-refractivity contribution in [1.29, 1.82) is 0 Å². The van der Waals surface area contributed by atoms with E-state index in [1.165, 1.54) is 4.57 Å². The lowest BCUT2D eigenvalue weighted by Gasteiger charge is -2.19. The van der Waals surface area contributed by atoms with Crippen LogP contribution in [0.25, 0.3) is 10.9 Å². The SMILES string of the molecule is CCN(CC)C(=O)CCn1c(=O)[nH]c(=O)c2ccccc21. The fourth-order valence-corrected chi connectivity index (χ4v) is 2.41. The number of hydrogen-bond donors (Lipinski definition) is 1. The van der Waals surface area contributed by atoms with E-state index in [2.05, 4.69) is 4.98 Å². The number of para-hydroxylation sites is 1. The van der Waals surface area contributed by atoms with E-state index in [1.807, 2.05) is 13.8 Å². The smallest absolute Gasteiger partial charge is 0.328 e. The predicted molar refractivity (Wildman–Crippen MR) is 81.4 cm³/mol. The number of fused-ring (bicyclic) bond motifs is 1. The first-order valence-corrected chi connectivity index (χ1v) is 7.08. The maximum atomic E-state index is 12.0. The van der Waals surface area contributed by atoms with E-state index >= 15 is 0 Å². The molecule has 0 saturated carbocycles. The monoisotopic (exact) mass is 289 g/mol. The first-order chi connectivity index (χ1) is 10.1. The van der Waals surface area contributed by atoms with E-state index in [1.54, 1.807) is 29.2 Å². The zero-order chi connectivity index (χ0) is 15.4. The molecular formula is C15H19N3O3. The summed E-state index contributed by atoms with van der Waals surface area (Å²) in [5, 5.41) is 0.451. The third-order valence-electron chi connectivity index (χ3n) is 3.57. The molecule has 0 atom stereocenters. The van der Waals surface area contributed by atoms with Gasteiger partial charge in [-0.2, -0.15) is 0 Å². The number of amides is 1. The van der Waals surface area contributed by atoms with Gasteiger partial charge in [-0.05, 0) is 26.0 Å². The molecule has 1 aromatic carbocycles. The number of hydrogen-bond acceptors (Lipinski definition) is 3. The molecule has 6 heteroatoms. The molecule has 1 amide bonds. The van der Waals surface area contributed by atoms with Gasteiger partial charge < -0.3 is 4.90 Å². The first-order valence-electron chi connectivity index (χ1n) is 7.08. The van der Waals surface area contributed by atoms with Gasteiger partial charge in [-0.3, -0.25) is 19.1 Å². The van der Waals surface area contributed by atoms with Gasteiger partial charge in [0, 0.05) is 26.1 Å². The minimum Gasteiger partial charge on any atom is -0.343 e. The molecule has 0 aliphatic carbocycles. The lowest BCUT2D eigenvalue weighted by molar-refractivity contribution is -0.131. The zero-order valence-corrected chi connectivity index (χ0v) is 12.3. The summed E-state index contributed by atoms with van der Waals surface area (Å²) >= 11 is 0. The van der Waals surface area contributed by atoms with Crippen molar-refractivity contribution in [2.45, 2.75) is 26.8 Å². The average Bonchev–Trinajstić information content (AvgIpc) is 2.48. The van der Waals surface area contributed by atoms with Crippen LogP contribution in [-0.4, -0.2) is 33.4 Å². The molecule has 21 heavy (non-hydrogen) atoms. The number of nitrogens with one attached hydrogen (secondary N) is 1. The van der Waals surface area contributed by atoms with Gasteiger partial charge in [0.2, 0.25) is 5.91 Å². The van der Waals surface area contributed by atoms with E-state index in [9.17, 15) is 14.4 Å². The molecule has 2 aromatic rings. The van der Waals surface area contributed by atoms with Crippen LogP contribution in [0.2, 0.25) is 0 Å². The molecular weight excluding hydrogens is 270 g/mol. The molecule has 112 valence electrons. The number of aromatic amines is 1. The van der Waals surface area contributed by atoms with Crippen molar-refractivity contribution in [2.75, 3.05) is 13.1 Å². The molecule has 0 fully saturated rings. The van der Waals surface area contributed by atoms with E-state index in [-0.39, 0.29) is 18.9 Å². The van der Waals surface area contributed by atoms with Crippen LogP contribution >= 0.6 is 0 Å². The Balaban J connectivity index is 2.33. The van der Waals surface area contributed by atoms with E-state index in [0.29, 0.717) is 24.0 Å². The summed E-state index contributed by atoms with van der Waals surface area (Å²) in [4.78, 5) is 39.7. The largest absolute Gasteiger partial charge is 0.343 e. The van der Waals surface area contributed by atoms with Crippen molar-refractivity contribution in [3.05, 3.63) is 45.1 Å². The summed E-state index contributed by atoms with van der Waals surface area (Å²) in [7, 11) is 0. The Morgan fingerprint density at radius 2 is 1.86 bits per heavy atom. The van der Waals surface area contributed by atoms with Gasteiger partial charge in [0.05, 0.1) is 10.9 Å². The highest BCUT2D eigenvalue weighted by Crippen LogP contribution is 2.07. The zero-order valence-electron chi connectivity index (χ0n) is 12.3. The predicted octanol–water partition coefficient (Wildman–Crippen LogP) is 0.948. The molecule has 2 rings (SSSR count). The quantitative estimate of drug-likeness (QED) is 0.890. The second-order valence-electron chi connectivity index (χ2n) is 4.74. The van der Waals surface area contributed by atoms with Crippen LogP contribution < -0.4 is 11.2 Å². The summed E-state index contributed by atoms with van der Waals surface area (Å²) in [5.41, 5.74) is -0.327. The second kappa shape index (κ2) is 6.39. The van der Waals surface area contributed by atoms with Gasteiger partial charge in [-0.25, -0.2) is 4.79 Å². The van der Waals surface area contributed by atoms with E-state index in [4.69, 9.17) is 0 Å². The van der Waals surface area contributed by atoms with Gasteiger partial charge in [0.15, 0.2) is 0 Å². The van der Waals surface area contributed by atoms with Gasteiger partial charge >= 0.3 is 5.69 Å². The lowest BCUT2D eigenvalue weighted by atomic mass is 10.2. The summed E-state index contributed by atoms with van der Waals surface area (Å²) < 4.78 is 1.44. The van der Waals surface area contributed by atoms with Crippen LogP contribution in [0, 0.1) is 0 Å². The van der Waals surface area contributed by atoms with Crippen LogP contribution in [-0.2, 0) is 11.3 Å². The van der Waals surface area contributed by atoms with Gasteiger partial charge in [0.25, 0.3) is 5.56 Å². The van der Waals surface area contributed by atoms with Crippen LogP contribution in [0.3, 0.4) is 0 Å². The minimum absolute atomic E-state index is 0.00202. The molecule has 0 aliphatic heterocycles. The third-order valence-corrected chi connectivity index (χ3v) is 3.57. The number of carbonyl (C=O) groups is 1. The number of nitrogens with zero attached hydrogens (tertiary/aromatic N) is 2. The molecule has 0 radical (unpaired) electrons. The fraction of sp³-hybridized carbons (Fsp3) is 0.400. The lowest BCUT2D eigenvalue weighted by Crippen LogP contribution is -2.34. The second-order valence-corrected chi connectivity index (χ2v) is 4.74. The van der Waals surface area contributed by atoms with Crippen molar-refractivity contribution in [1.82, 2.24) is 14.5 Å². The molecule has 0 unspecified atom stereocenters. The third kappa shape index (κ3) is 3.04. The molecule has 0 aliphatic rings. The Labute approximate surface area is 122 Å². The standard InChI is InChI=1S/C15H19N3O3/c1-3-17(4-2)13(19)9-10-18-12-8-6-5-7-11(12)14(20)16-15(18)21/h5-8H,3-4,9-10H2,1-2H3,(H,16,20,21). The number of benzene rings is 1. The number of aromatic nitrogens is 2. The van der Waals surface area contributed by atoms with Crippen LogP contribution in [0.5, 0.6) is 0 Å². The highest BCUT2D eigenvalue weighted by molar-refractivity contribution is 5.78. The highest BCUT2D eigenvalue weighted by atomic mass is 16.2. The normalized spacial score (nSPS) is 10.8. The first kappa shape index (κ1) is 15.0. The van der Waals surface area contributed by atoms with Crippen molar-refractivity contribution >= 4 is 16.8 Å². The molecule has 1 N–H and O–H groups in total. The average molecular weight is 289 g/mol. The number of aryl methyl sites for hydroxylation is 1. The fourth-order valence-electron chi connectivity index (χ4n) is 2.41. The van der Waals surface area contributed by atoms with Crippen molar-refractivity contribution < 1.29 is 4.79 Å². The van der Waals surface area contributed by atoms with E-state index in [0.717, 1.165) is 0 Å². The minimum atomic E-state index is -0.481. The van der Waals surface area contributed by atoms with Crippen LogP contribution in [0.15, 0.2) is 33.9 Å². The Kier molecular flexibility index (Phi) is 4.57. The number of H-pyrrole nitrogens is 1. The van der Waals surface area contributed by atoms with Gasteiger partial charge in [-0.1, -0.05) is 12.1 Å². The summed E-state index contributed by atoms with van der Waals surface area (Å²) in [6.07, 6.45) is 0.234. The summed E-state index contributed by atoms with van der Waals surface area (Å²) in [5.74, 6) is 0.00202. The Bertz CT molecular complexity index is 757. The molecule has 1 heterocycles. The Morgan fingerprint density at radius 1 is 1.19 bits per heavy atom. The highest BCUT2D eigenvalue weighted by Gasteiger charge is 2.12. The van der Waals surface area contributed by atoms with Gasteiger partial charge in [0.1, 0.15) is 0 Å². The summed E-state index contributed by atoms with van der Waals surface area (Å²) in [6, 6.07) is 6.89. The maximum Gasteiger partial charge on any atom is 0.328 e. The molecule has 6 nitrogen and oxygen atoms in total. The molecule has 0 bridgehead atoms. The number of rotatable bonds is 5. The van der Waals surface area contributed by atoms with Gasteiger partial charge in [-0.15, -0.1) is 0 Å². The van der Waals surface area contributed by atoms with E-state index < -0.39 is 11.2 Å². The molecule has 0 saturated heterocycles. The number of carbonyl (C=O) groups excluding carboxylic acids is 1. The van der Waals surface area contributed by atoms with Crippen molar-refractivity contribution in [3.8, 4) is 0 Å². The molecule has 1 aromatic heterocycles. The van der Waals surface area contributed by atoms with Crippen LogP contribution in [0.1, 0.15) is 20.3 Å². The van der Waals surface area contributed by atoms with Crippen LogP contribution in [0.4, 0.5) is 0 Å². The van der Waals surface area contributed by atoms with Crippen molar-refractivity contribution in [3.63, 3.8) is 0 Å². The maximum absolute atomic E-state index is 12.0. The topological polar surface area (TPSA) is 75.2 Å². The Morgan fingerprint density at radius 3 is 2.52 bits per heavy atom. The Hall–Kier alpha value is -2.37. The summed E-state index contributed by atoms with van der Waals surface area (Å²) in [6.45, 7) is 5.39. The van der Waals surface area contributed by atoms with Crippen molar-refractivity contribution in [2.24, 2.45) is 0 Å². The molecule has 0 spiro atoms.